The summed E-state index contributed by atoms with van der Waals surface area (Å²) >= 11 is 5.95. The first-order chi connectivity index (χ1) is 13.4. The molecule has 1 aromatic heterocycles. The van der Waals surface area contributed by atoms with Gasteiger partial charge in [-0.3, -0.25) is 4.79 Å². The molecule has 0 saturated heterocycles. The number of halogens is 1. The summed E-state index contributed by atoms with van der Waals surface area (Å²) in [4.78, 5) is 24.8. The van der Waals surface area contributed by atoms with Gasteiger partial charge in [0.1, 0.15) is 5.58 Å². The maximum absolute atomic E-state index is 12.4. The fourth-order valence-electron chi connectivity index (χ4n) is 2.99. The fourth-order valence-corrected chi connectivity index (χ4v) is 3.20. The first kappa shape index (κ1) is 19.8. The van der Waals surface area contributed by atoms with Crippen LogP contribution in [0.5, 0.6) is 11.5 Å². The Morgan fingerprint density at radius 1 is 1.14 bits per heavy atom. The van der Waals surface area contributed by atoms with Crippen LogP contribution in [0.1, 0.15) is 16.7 Å². The van der Waals surface area contributed by atoms with Gasteiger partial charge in [-0.2, -0.15) is 0 Å². The first-order valence-corrected chi connectivity index (χ1v) is 9.00. The van der Waals surface area contributed by atoms with E-state index in [1.165, 1.54) is 14.2 Å². The van der Waals surface area contributed by atoms with E-state index in [2.05, 4.69) is 5.32 Å². The third kappa shape index (κ3) is 4.12. The smallest absolute Gasteiger partial charge is 0.340 e. The van der Waals surface area contributed by atoms with Crippen LogP contribution in [0.15, 0.2) is 45.6 Å². The molecular weight excluding hydrogens is 382 g/mol. The van der Waals surface area contributed by atoms with Crippen LogP contribution in [0.4, 0.5) is 0 Å². The number of hydrogen-bond acceptors (Lipinski definition) is 5. The van der Waals surface area contributed by atoms with Crippen molar-refractivity contribution in [3.05, 3.63) is 68.5 Å². The van der Waals surface area contributed by atoms with Crippen LogP contribution in [0.3, 0.4) is 0 Å². The van der Waals surface area contributed by atoms with E-state index in [0.29, 0.717) is 45.2 Å². The summed E-state index contributed by atoms with van der Waals surface area (Å²) in [6.07, 6.45) is -0.0843. The highest BCUT2D eigenvalue weighted by Crippen LogP contribution is 2.33. The Morgan fingerprint density at radius 3 is 2.54 bits per heavy atom. The molecule has 3 rings (SSSR count). The minimum atomic E-state index is -0.546. The SMILES string of the molecule is COc1cc2oc(=O)c(CC(=O)NCc3cccc(Cl)c3)c(C)c2cc1OC. The number of rotatable bonds is 6. The molecule has 0 atom stereocenters. The van der Waals surface area contributed by atoms with Crippen molar-refractivity contribution in [1.29, 1.82) is 0 Å². The van der Waals surface area contributed by atoms with Crippen LogP contribution in [0, 0.1) is 6.92 Å². The van der Waals surface area contributed by atoms with Gasteiger partial charge in [0.25, 0.3) is 0 Å². The Labute approximate surface area is 167 Å². The van der Waals surface area contributed by atoms with Crippen molar-refractivity contribution in [2.75, 3.05) is 14.2 Å². The van der Waals surface area contributed by atoms with Crippen LogP contribution in [-0.2, 0) is 17.8 Å². The molecule has 3 aromatic rings. The van der Waals surface area contributed by atoms with Gasteiger partial charge in [0.05, 0.1) is 26.2 Å². The van der Waals surface area contributed by atoms with E-state index in [-0.39, 0.29) is 12.3 Å². The van der Waals surface area contributed by atoms with E-state index in [9.17, 15) is 9.59 Å². The summed E-state index contributed by atoms with van der Waals surface area (Å²) in [5.41, 5.74) is 1.69. The van der Waals surface area contributed by atoms with Gasteiger partial charge in [-0.25, -0.2) is 4.79 Å². The number of aryl methyl sites for hydroxylation is 1. The topological polar surface area (TPSA) is 77.8 Å². The molecule has 0 aliphatic heterocycles. The Balaban J connectivity index is 1.86. The Morgan fingerprint density at radius 2 is 1.86 bits per heavy atom. The zero-order chi connectivity index (χ0) is 20.3. The van der Waals surface area contributed by atoms with Gasteiger partial charge >= 0.3 is 5.63 Å². The van der Waals surface area contributed by atoms with Crippen LogP contribution < -0.4 is 20.4 Å². The molecule has 0 aliphatic carbocycles. The fraction of sp³-hybridized carbons (Fsp3) is 0.238. The van der Waals surface area contributed by atoms with Crippen molar-refractivity contribution in [2.24, 2.45) is 0 Å². The summed E-state index contributed by atoms with van der Waals surface area (Å²) in [7, 11) is 3.04. The lowest BCUT2D eigenvalue weighted by Crippen LogP contribution is -2.27. The summed E-state index contributed by atoms with van der Waals surface area (Å²) in [6, 6.07) is 10.6. The van der Waals surface area contributed by atoms with Crippen molar-refractivity contribution in [1.82, 2.24) is 5.32 Å². The summed E-state index contributed by atoms with van der Waals surface area (Å²) < 4.78 is 16.0. The van der Waals surface area contributed by atoms with E-state index in [0.717, 1.165) is 5.56 Å². The standard InChI is InChI=1S/C21H20ClNO5/c1-12-15-8-18(26-2)19(27-3)10-17(15)28-21(25)16(12)9-20(24)23-11-13-5-4-6-14(22)7-13/h4-8,10H,9,11H2,1-3H3,(H,23,24). The van der Waals surface area contributed by atoms with E-state index in [1.807, 2.05) is 12.1 Å². The van der Waals surface area contributed by atoms with Crippen molar-refractivity contribution in [2.45, 2.75) is 19.9 Å². The molecule has 0 aliphatic rings. The number of amides is 1. The predicted octanol–water partition coefficient (Wildman–Crippen LogP) is 3.63. The number of hydrogen-bond donors (Lipinski definition) is 1. The van der Waals surface area contributed by atoms with Crippen molar-refractivity contribution < 1.29 is 18.7 Å². The van der Waals surface area contributed by atoms with E-state index >= 15 is 0 Å². The molecule has 6 nitrogen and oxygen atoms in total. The first-order valence-electron chi connectivity index (χ1n) is 8.62. The molecular formula is C21H20ClNO5. The molecule has 1 N–H and O–H groups in total. The number of methoxy groups -OCH3 is 2. The molecule has 1 heterocycles. The highest BCUT2D eigenvalue weighted by atomic mass is 35.5. The van der Waals surface area contributed by atoms with E-state index in [4.69, 9.17) is 25.5 Å². The molecule has 1 amide bonds. The normalized spacial score (nSPS) is 10.7. The third-order valence-electron chi connectivity index (χ3n) is 4.51. The highest BCUT2D eigenvalue weighted by molar-refractivity contribution is 6.30. The van der Waals surface area contributed by atoms with Gasteiger partial charge in [0.15, 0.2) is 11.5 Å². The van der Waals surface area contributed by atoms with Gasteiger partial charge in [-0.15, -0.1) is 0 Å². The minimum absolute atomic E-state index is 0.0843. The van der Waals surface area contributed by atoms with Crippen LogP contribution in [-0.4, -0.2) is 20.1 Å². The molecule has 7 heteroatoms. The average molecular weight is 402 g/mol. The third-order valence-corrected chi connectivity index (χ3v) is 4.74. The molecule has 0 bridgehead atoms. The second kappa shape index (κ2) is 8.35. The monoisotopic (exact) mass is 401 g/mol. The largest absolute Gasteiger partial charge is 0.493 e. The number of benzene rings is 2. The van der Waals surface area contributed by atoms with Gasteiger partial charge in [0.2, 0.25) is 5.91 Å². The number of nitrogens with one attached hydrogen (secondary N) is 1. The maximum atomic E-state index is 12.4. The maximum Gasteiger partial charge on any atom is 0.340 e. The number of ether oxygens (including phenoxy) is 2. The Bertz CT molecular complexity index is 1090. The lowest BCUT2D eigenvalue weighted by Gasteiger charge is -2.12. The van der Waals surface area contributed by atoms with Gasteiger partial charge in [0, 0.05) is 23.0 Å². The predicted molar refractivity (Wildman–Crippen MR) is 107 cm³/mol. The van der Waals surface area contributed by atoms with Gasteiger partial charge < -0.3 is 19.2 Å². The lowest BCUT2D eigenvalue weighted by atomic mass is 10.0. The second-order valence-electron chi connectivity index (χ2n) is 6.28. The Kier molecular flexibility index (Phi) is 5.90. The van der Waals surface area contributed by atoms with E-state index < -0.39 is 5.63 Å². The minimum Gasteiger partial charge on any atom is -0.493 e. The highest BCUT2D eigenvalue weighted by Gasteiger charge is 2.17. The summed E-state index contributed by atoms with van der Waals surface area (Å²) in [5, 5.41) is 4.08. The number of fused-ring (bicyclic) bond motifs is 1. The van der Waals surface area contributed by atoms with Crippen molar-refractivity contribution in [3.63, 3.8) is 0 Å². The quantitative estimate of drug-likeness (QED) is 0.638. The Hall–Kier alpha value is -2.99. The summed E-state index contributed by atoms with van der Waals surface area (Å²) in [6.45, 7) is 2.10. The van der Waals surface area contributed by atoms with Gasteiger partial charge in [-0.1, -0.05) is 23.7 Å². The zero-order valence-corrected chi connectivity index (χ0v) is 16.6. The van der Waals surface area contributed by atoms with E-state index in [1.54, 1.807) is 31.2 Å². The lowest BCUT2D eigenvalue weighted by molar-refractivity contribution is -0.120. The molecule has 146 valence electrons. The van der Waals surface area contributed by atoms with Crippen molar-refractivity contribution >= 4 is 28.5 Å². The molecule has 0 spiro atoms. The van der Waals surface area contributed by atoms with Crippen LogP contribution >= 0.6 is 11.6 Å². The molecule has 0 fully saturated rings. The molecule has 28 heavy (non-hydrogen) atoms. The average Bonchev–Trinajstić information content (AvgIpc) is 2.68. The number of carbonyl (C=O) groups excluding carboxylic acids is 1. The number of carbonyl (C=O) groups is 1. The molecule has 0 saturated carbocycles. The molecule has 0 unspecified atom stereocenters. The van der Waals surface area contributed by atoms with Crippen LogP contribution in [0.25, 0.3) is 11.0 Å². The molecule has 0 radical (unpaired) electrons. The molecule has 2 aromatic carbocycles. The van der Waals surface area contributed by atoms with Crippen molar-refractivity contribution in [3.8, 4) is 11.5 Å². The zero-order valence-electron chi connectivity index (χ0n) is 15.8. The summed E-state index contributed by atoms with van der Waals surface area (Å²) in [5.74, 6) is 0.697. The second-order valence-corrected chi connectivity index (χ2v) is 6.72. The van der Waals surface area contributed by atoms with Gasteiger partial charge in [-0.05, 0) is 36.2 Å². The van der Waals surface area contributed by atoms with Crippen LogP contribution in [0.2, 0.25) is 5.02 Å².